The van der Waals surface area contributed by atoms with Crippen LogP contribution in [0.2, 0.25) is 0 Å². The lowest BCUT2D eigenvalue weighted by Gasteiger charge is -2.46. The van der Waals surface area contributed by atoms with Gasteiger partial charge in [-0.15, -0.1) is 0 Å². The maximum atomic E-state index is 10.8. The zero-order valence-electron chi connectivity index (χ0n) is 24.8. The molecule has 3 aliphatic rings. The Morgan fingerprint density at radius 3 is 2.22 bits per heavy atom. The second kappa shape index (κ2) is 15.0. The molecule has 2 unspecified atom stereocenters. The smallest absolute Gasteiger partial charge is 0.187 e. The highest BCUT2D eigenvalue weighted by atomic mass is 16.7. The summed E-state index contributed by atoms with van der Waals surface area (Å²) in [6.45, 7) is 9.47. The van der Waals surface area contributed by atoms with Crippen LogP contribution in [0.4, 0.5) is 0 Å². The molecule has 2 saturated heterocycles. The molecule has 41 heavy (non-hydrogen) atoms. The van der Waals surface area contributed by atoms with Crippen LogP contribution < -0.4 is 0 Å². The Kier molecular flexibility index (Phi) is 12.5. The zero-order valence-corrected chi connectivity index (χ0v) is 24.8. The lowest BCUT2D eigenvalue weighted by Crippen LogP contribution is -2.64. The summed E-state index contributed by atoms with van der Waals surface area (Å²) in [5, 5.41) is 71.0. The number of hydrogen-bond donors (Lipinski definition) is 7. The Morgan fingerprint density at radius 2 is 1.59 bits per heavy atom. The summed E-state index contributed by atoms with van der Waals surface area (Å²) in [6.07, 6.45) is -3.97. The summed E-state index contributed by atoms with van der Waals surface area (Å²) >= 11 is 0. The molecule has 2 aliphatic heterocycles. The summed E-state index contributed by atoms with van der Waals surface area (Å²) in [6, 6.07) is 0. The quantitative estimate of drug-likeness (QED) is 0.135. The first-order valence-corrected chi connectivity index (χ1v) is 14.6. The van der Waals surface area contributed by atoms with Gasteiger partial charge in [0.25, 0.3) is 0 Å². The zero-order chi connectivity index (χ0) is 30.5. The second-order valence-corrected chi connectivity index (χ2v) is 12.2. The van der Waals surface area contributed by atoms with Gasteiger partial charge in [-0.3, -0.25) is 0 Å². The van der Waals surface area contributed by atoms with Gasteiger partial charge in [0.05, 0.1) is 19.3 Å². The molecule has 0 aromatic rings. The molecule has 0 bridgehead atoms. The summed E-state index contributed by atoms with van der Waals surface area (Å²) < 4.78 is 22.4. The van der Waals surface area contributed by atoms with Crippen LogP contribution in [0.3, 0.4) is 0 Å². The minimum Gasteiger partial charge on any atom is -0.394 e. The van der Waals surface area contributed by atoms with Crippen LogP contribution in [0, 0.1) is 5.41 Å². The van der Waals surface area contributed by atoms with Crippen molar-refractivity contribution in [2.24, 2.45) is 5.41 Å². The molecular weight excluding hydrogens is 536 g/mol. The highest BCUT2D eigenvalue weighted by Gasteiger charge is 2.50. The lowest BCUT2D eigenvalue weighted by atomic mass is 9.71. The SMILES string of the molecule is CC1=C(CC/C(C)=C/C=C/C(C)OC2O[C@H](CO)[C@@H](O[C@@H]3O[C@H](CO)[C@@H](O)[C@H](O)[C@H]3O)[C@H](O)[C@H]2O)C(C)(C)CCC1. The van der Waals surface area contributed by atoms with Gasteiger partial charge in [-0.2, -0.15) is 0 Å². The van der Waals surface area contributed by atoms with Gasteiger partial charge in [-0.25, -0.2) is 0 Å². The number of aliphatic hydroxyl groups excluding tert-OH is 7. The van der Waals surface area contributed by atoms with Gasteiger partial charge >= 0.3 is 0 Å². The first-order valence-electron chi connectivity index (χ1n) is 14.6. The fourth-order valence-electron chi connectivity index (χ4n) is 5.93. The Balaban J connectivity index is 1.55. The fourth-order valence-corrected chi connectivity index (χ4v) is 5.93. The average molecular weight is 587 g/mol. The fraction of sp³-hybridized carbons (Fsp3) is 0.800. The number of aliphatic hydroxyl groups is 7. The number of ether oxygens (including phenoxy) is 4. The molecule has 11 nitrogen and oxygen atoms in total. The molecule has 0 spiro atoms. The maximum Gasteiger partial charge on any atom is 0.187 e. The van der Waals surface area contributed by atoms with Gasteiger partial charge in [0, 0.05) is 0 Å². The molecule has 2 heterocycles. The van der Waals surface area contributed by atoms with E-state index in [0.29, 0.717) is 0 Å². The third-order valence-corrected chi connectivity index (χ3v) is 8.53. The number of rotatable bonds is 11. The van der Waals surface area contributed by atoms with E-state index in [-0.39, 0.29) is 5.41 Å². The molecule has 0 aromatic heterocycles. The van der Waals surface area contributed by atoms with Gasteiger partial charge < -0.3 is 54.7 Å². The van der Waals surface area contributed by atoms with E-state index >= 15 is 0 Å². The van der Waals surface area contributed by atoms with Crippen LogP contribution >= 0.6 is 0 Å². The molecule has 7 N–H and O–H groups in total. The minimum atomic E-state index is -1.72. The van der Waals surface area contributed by atoms with Crippen LogP contribution in [0.1, 0.15) is 66.7 Å². The molecule has 0 saturated carbocycles. The van der Waals surface area contributed by atoms with E-state index in [1.54, 1.807) is 18.6 Å². The van der Waals surface area contributed by atoms with E-state index in [4.69, 9.17) is 18.9 Å². The van der Waals surface area contributed by atoms with Crippen molar-refractivity contribution in [3.05, 3.63) is 34.9 Å². The molecule has 0 radical (unpaired) electrons. The van der Waals surface area contributed by atoms with Crippen molar-refractivity contribution in [2.75, 3.05) is 13.2 Å². The highest BCUT2D eigenvalue weighted by molar-refractivity contribution is 5.24. The van der Waals surface area contributed by atoms with Crippen LogP contribution in [0.15, 0.2) is 34.9 Å². The standard InChI is InChI=1S/C30H50O11/c1-16(11-12-19-17(2)9-7-13-30(19,4)5)8-6-10-18(3)38-28-26(37)24(35)27(21(15-32)40-28)41-29-25(36)23(34)22(33)20(14-31)39-29/h6,8,10,18,20-29,31-37H,7,9,11-15H2,1-5H3/b10-6+,16-8+/t18?,20-,21-,22-,23+,24-,25-,26-,27-,28?,29+/m1/s1. The molecule has 3 rings (SSSR count). The third kappa shape index (κ3) is 8.45. The van der Waals surface area contributed by atoms with E-state index in [1.807, 2.05) is 12.2 Å². The molecule has 11 atom stereocenters. The molecule has 236 valence electrons. The van der Waals surface area contributed by atoms with E-state index in [2.05, 4.69) is 27.7 Å². The van der Waals surface area contributed by atoms with E-state index < -0.39 is 80.7 Å². The van der Waals surface area contributed by atoms with E-state index in [0.717, 1.165) is 12.8 Å². The van der Waals surface area contributed by atoms with Crippen molar-refractivity contribution in [1.29, 1.82) is 0 Å². The topological polar surface area (TPSA) is 179 Å². The molecule has 0 amide bonds. The van der Waals surface area contributed by atoms with Crippen LogP contribution in [0.5, 0.6) is 0 Å². The van der Waals surface area contributed by atoms with Crippen molar-refractivity contribution >= 4 is 0 Å². The summed E-state index contributed by atoms with van der Waals surface area (Å²) in [7, 11) is 0. The number of allylic oxidation sites excluding steroid dienone is 5. The molecule has 1 aliphatic carbocycles. The first-order chi connectivity index (χ1) is 19.3. The van der Waals surface area contributed by atoms with Crippen LogP contribution in [-0.4, -0.2) is 116 Å². The van der Waals surface area contributed by atoms with Crippen molar-refractivity contribution in [3.63, 3.8) is 0 Å². The maximum absolute atomic E-state index is 10.8. The van der Waals surface area contributed by atoms with Crippen molar-refractivity contribution in [1.82, 2.24) is 0 Å². The first kappa shape index (κ1) is 34.3. The monoisotopic (exact) mass is 586 g/mol. The van der Waals surface area contributed by atoms with Crippen molar-refractivity contribution in [3.8, 4) is 0 Å². The largest absolute Gasteiger partial charge is 0.394 e. The molecule has 2 fully saturated rings. The van der Waals surface area contributed by atoms with Gasteiger partial charge in [-0.05, 0) is 58.3 Å². The Morgan fingerprint density at radius 1 is 0.951 bits per heavy atom. The molecule has 0 aromatic carbocycles. The average Bonchev–Trinajstić information content (AvgIpc) is 2.92. The van der Waals surface area contributed by atoms with E-state index in [9.17, 15) is 35.7 Å². The van der Waals surface area contributed by atoms with Crippen molar-refractivity contribution in [2.45, 2.75) is 134 Å². The summed E-state index contributed by atoms with van der Waals surface area (Å²) in [4.78, 5) is 0. The van der Waals surface area contributed by atoms with Crippen LogP contribution in [0.25, 0.3) is 0 Å². The third-order valence-electron chi connectivity index (χ3n) is 8.53. The van der Waals surface area contributed by atoms with Gasteiger partial charge in [0.15, 0.2) is 12.6 Å². The minimum absolute atomic E-state index is 0.248. The number of hydrogen-bond acceptors (Lipinski definition) is 11. The van der Waals surface area contributed by atoms with Gasteiger partial charge in [-0.1, -0.05) is 48.8 Å². The van der Waals surface area contributed by atoms with Crippen molar-refractivity contribution < 1.29 is 54.7 Å². The van der Waals surface area contributed by atoms with Gasteiger partial charge in [0.2, 0.25) is 0 Å². The molecule has 11 heteroatoms. The normalized spacial score (nSPS) is 39.4. The van der Waals surface area contributed by atoms with E-state index in [1.165, 1.54) is 30.4 Å². The Bertz CT molecular complexity index is 927. The van der Waals surface area contributed by atoms with Gasteiger partial charge in [0.1, 0.15) is 48.8 Å². The Hall–Kier alpha value is -1.22. The Labute approximate surface area is 242 Å². The highest BCUT2D eigenvalue weighted by Crippen LogP contribution is 2.42. The van der Waals surface area contributed by atoms with Crippen LogP contribution in [-0.2, 0) is 18.9 Å². The predicted octanol–water partition coefficient (Wildman–Crippen LogP) is 0.825. The summed E-state index contributed by atoms with van der Waals surface area (Å²) in [5.41, 5.74) is 4.55. The predicted molar refractivity (Wildman–Crippen MR) is 149 cm³/mol. The molecular formula is C30H50O11. The second-order valence-electron chi connectivity index (χ2n) is 12.2. The summed E-state index contributed by atoms with van der Waals surface area (Å²) in [5.74, 6) is 0. The lowest BCUT2D eigenvalue weighted by molar-refractivity contribution is -0.361.